The molecule has 1 unspecified atom stereocenters. The van der Waals surface area contributed by atoms with Crippen LogP contribution in [0.2, 0.25) is 0 Å². The summed E-state index contributed by atoms with van der Waals surface area (Å²) < 4.78 is 11.3. The van der Waals surface area contributed by atoms with E-state index < -0.39 is 0 Å². The maximum Gasteiger partial charge on any atom is 0.0911 e. The van der Waals surface area contributed by atoms with Crippen LogP contribution in [0.1, 0.15) is 33.6 Å². The number of allylic oxidation sites excluding steroid dienone is 1. The van der Waals surface area contributed by atoms with Crippen LogP contribution in [-0.4, -0.2) is 31.5 Å². The van der Waals surface area contributed by atoms with Crippen LogP contribution in [0.15, 0.2) is 11.6 Å². The van der Waals surface area contributed by atoms with Crippen molar-refractivity contribution in [2.24, 2.45) is 5.73 Å². The summed E-state index contributed by atoms with van der Waals surface area (Å²) >= 11 is 0. The lowest BCUT2D eigenvalue weighted by molar-refractivity contribution is -0.113. The Labute approximate surface area is 92.6 Å². The van der Waals surface area contributed by atoms with Crippen molar-refractivity contribution in [2.75, 3.05) is 19.8 Å². The molecule has 1 fully saturated rings. The molecule has 1 atom stereocenters. The molecule has 2 N–H and O–H groups in total. The van der Waals surface area contributed by atoms with E-state index in [1.165, 1.54) is 5.57 Å². The molecule has 1 heterocycles. The van der Waals surface area contributed by atoms with Crippen LogP contribution in [0.3, 0.4) is 0 Å². The molecule has 0 amide bonds. The maximum absolute atomic E-state index is 6.21. The van der Waals surface area contributed by atoms with Crippen LogP contribution in [-0.2, 0) is 9.47 Å². The minimum atomic E-state index is -0.204. The van der Waals surface area contributed by atoms with Gasteiger partial charge >= 0.3 is 0 Å². The molecular weight excluding hydrogens is 190 g/mol. The molecule has 0 aromatic heterocycles. The first kappa shape index (κ1) is 12.7. The smallest absolute Gasteiger partial charge is 0.0911 e. The second kappa shape index (κ2) is 5.64. The van der Waals surface area contributed by atoms with Crippen molar-refractivity contribution < 1.29 is 9.47 Å². The van der Waals surface area contributed by atoms with E-state index in [0.717, 1.165) is 26.1 Å². The van der Waals surface area contributed by atoms with Gasteiger partial charge in [-0.1, -0.05) is 11.6 Å². The predicted molar refractivity (Wildman–Crippen MR) is 61.8 cm³/mol. The van der Waals surface area contributed by atoms with Crippen molar-refractivity contribution in [2.45, 2.75) is 45.3 Å². The highest BCUT2D eigenvalue weighted by atomic mass is 16.5. The first-order chi connectivity index (χ1) is 7.10. The number of nitrogens with two attached hydrogens (primary N) is 1. The Morgan fingerprint density at radius 2 is 2.07 bits per heavy atom. The van der Waals surface area contributed by atoms with Crippen molar-refractivity contribution in [1.29, 1.82) is 0 Å². The molecule has 15 heavy (non-hydrogen) atoms. The minimum Gasteiger partial charge on any atom is -0.381 e. The largest absolute Gasteiger partial charge is 0.381 e. The highest BCUT2D eigenvalue weighted by Gasteiger charge is 2.38. The lowest BCUT2D eigenvalue weighted by atomic mass is 9.85. The molecule has 3 heteroatoms. The molecule has 0 saturated carbocycles. The van der Waals surface area contributed by atoms with E-state index in [0.29, 0.717) is 6.61 Å². The molecule has 0 radical (unpaired) electrons. The van der Waals surface area contributed by atoms with Gasteiger partial charge in [0.15, 0.2) is 0 Å². The third kappa shape index (κ3) is 3.30. The highest BCUT2D eigenvalue weighted by Crippen LogP contribution is 2.29. The lowest BCUT2D eigenvalue weighted by Gasteiger charge is -2.40. The summed E-state index contributed by atoms with van der Waals surface area (Å²) in [6.07, 6.45) is 3.89. The average molecular weight is 213 g/mol. The van der Waals surface area contributed by atoms with E-state index in [1.807, 2.05) is 6.92 Å². The van der Waals surface area contributed by atoms with Gasteiger partial charge in [0.2, 0.25) is 0 Å². The minimum absolute atomic E-state index is 0.0219. The molecule has 0 aromatic carbocycles. The summed E-state index contributed by atoms with van der Waals surface area (Å²) in [7, 11) is 0. The van der Waals surface area contributed by atoms with Gasteiger partial charge in [0.1, 0.15) is 0 Å². The fraction of sp³-hybridized carbons (Fsp3) is 0.833. The normalized spacial score (nSPS) is 22.1. The van der Waals surface area contributed by atoms with Crippen molar-refractivity contribution in [3.05, 3.63) is 11.6 Å². The fourth-order valence-corrected chi connectivity index (χ4v) is 2.09. The van der Waals surface area contributed by atoms with Gasteiger partial charge in [-0.2, -0.15) is 0 Å². The summed E-state index contributed by atoms with van der Waals surface area (Å²) in [4.78, 5) is 0. The van der Waals surface area contributed by atoms with Gasteiger partial charge in [-0.3, -0.25) is 0 Å². The summed E-state index contributed by atoms with van der Waals surface area (Å²) in [6, 6.07) is -0.0219. The van der Waals surface area contributed by atoms with Crippen molar-refractivity contribution >= 4 is 0 Å². The van der Waals surface area contributed by atoms with Crippen LogP contribution < -0.4 is 5.73 Å². The standard InChI is InChI=1S/C12H23NO2/c1-4-15-12(5-7-14-8-6-12)11(13)9-10(2)3/h9,11H,4-8,13H2,1-3H3. The Balaban J connectivity index is 2.74. The van der Waals surface area contributed by atoms with Crippen LogP contribution >= 0.6 is 0 Å². The quantitative estimate of drug-likeness (QED) is 0.725. The summed E-state index contributed by atoms with van der Waals surface area (Å²) in [6.45, 7) is 8.38. The number of rotatable bonds is 4. The predicted octanol–water partition coefficient (Wildman–Crippen LogP) is 1.87. The zero-order chi connectivity index (χ0) is 11.3. The zero-order valence-electron chi connectivity index (χ0n) is 10.1. The second-order valence-electron chi connectivity index (χ2n) is 4.38. The van der Waals surface area contributed by atoms with E-state index in [9.17, 15) is 0 Å². The Hall–Kier alpha value is -0.380. The molecule has 1 aliphatic rings. The van der Waals surface area contributed by atoms with E-state index >= 15 is 0 Å². The fourth-order valence-electron chi connectivity index (χ4n) is 2.09. The van der Waals surface area contributed by atoms with E-state index in [1.54, 1.807) is 0 Å². The molecule has 0 aliphatic carbocycles. The average Bonchev–Trinajstić information content (AvgIpc) is 2.18. The van der Waals surface area contributed by atoms with Crippen LogP contribution in [0.25, 0.3) is 0 Å². The van der Waals surface area contributed by atoms with Crippen LogP contribution in [0, 0.1) is 0 Å². The second-order valence-corrected chi connectivity index (χ2v) is 4.38. The molecule has 1 aliphatic heterocycles. The van der Waals surface area contributed by atoms with Crippen molar-refractivity contribution in [3.8, 4) is 0 Å². The summed E-state index contributed by atoms with van der Waals surface area (Å²) in [5, 5.41) is 0. The van der Waals surface area contributed by atoms with Gasteiger partial charge < -0.3 is 15.2 Å². The molecule has 3 nitrogen and oxygen atoms in total. The van der Waals surface area contributed by atoms with Gasteiger partial charge in [-0.05, 0) is 20.8 Å². The zero-order valence-corrected chi connectivity index (χ0v) is 10.1. The van der Waals surface area contributed by atoms with Crippen LogP contribution in [0.4, 0.5) is 0 Å². The Morgan fingerprint density at radius 3 is 2.53 bits per heavy atom. The van der Waals surface area contributed by atoms with Gasteiger partial charge in [-0.25, -0.2) is 0 Å². The number of ether oxygens (including phenoxy) is 2. The number of hydrogen-bond donors (Lipinski definition) is 1. The van der Waals surface area contributed by atoms with Gasteiger partial charge in [0.05, 0.1) is 11.6 Å². The molecule has 1 saturated heterocycles. The topological polar surface area (TPSA) is 44.5 Å². The Kier molecular flexibility index (Phi) is 4.77. The van der Waals surface area contributed by atoms with E-state index in [-0.39, 0.29) is 11.6 Å². The van der Waals surface area contributed by atoms with Gasteiger partial charge in [0, 0.05) is 32.7 Å². The molecule has 88 valence electrons. The SMILES string of the molecule is CCOC1(C(N)C=C(C)C)CCOCC1. The number of hydrogen-bond acceptors (Lipinski definition) is 3. The Morgan fingerprint density at radius 1 is 1.47 bits per heavy atom. The van der Waals surface area contributed by atoms with E-state index in [4.69, 9.17) is 15.2 Å². The molecule has 0 spiro atoms. The van der Waals surface area contributed by atoms with Gasteiger partial charge in [-0.15, -0.1) is 0 Å². The third-order valence-electron chi connectivity index (χ3n) is 2.89. The highest BCUT2D eigenvalue weighted by molar-refractivity contribution is 5.09. The maximum atomic E-state index is 6.21. The third-order valence-corrected chi connectivity index (χ3v) is 2.89. The first-order valence-corrected chi connectivity index (χ1v) is 5.73. The summed E-state index contributed by atoms with van der Waals surface area (Å²) in [5.74, 6) is 0. The van der Waals surface area contributed by atoms with Gasteiger partial charge in [0.25, 0.3) is 0 Å². The molecule has 0 aromatic rings. The molecule has 0 bridgehead atoms. The molecule has 1 rings (SSSR count). The monoisotopic (exact) mass is 213 g/mol. The van der Waals surface area contributed by atoms with Crippen molar-refractivity contribution in [1.82, 2.24) is 0 Å². The molecular formula is C12H23NO2. The summed E-state index contributed by atoms with van der Waals surface area (Å²) in [5.41, 5.74) is 7.25. The van der Waals surface area contributed by atoms with Crippen molar-refractivity contribution in [3.63, 3.8) is 0 Å². The Bertz CT molecular complexity index is 210. The lowest BCUT2D eigenvalue weighted by Crippen LogP contribution is -2.52. The van der Waals surface area contributed by atoms with E-state index in [2.05, 4.69) is 19.9 Å². The first-order valence-electron chi connectivity index (χ1n) is 5.73. The van der Waals surface area contributed by atoms with Crippen LogP contribution in [0.5, 0.6) is 0 Å².